The van der Waals surface area contributed by atoms with Crippen LogP contribution >= 0.6 is 9.24 Å². The number of rotatable bonds is 3. The minimum absolute atomic E-state index is 0.343. The first-order valence-electron chi connectivity index (χ1n) is 2.67. The van der Waals surface area contributed by atoms with E-state index in [2.05, 4.69) is 18.7 Å². The largest absolute Gasteiger partial charge is 0.464 e. The van der Waals surface area contributed by atoms with Gasteiger partial charge in [0.25, 0.3) is 0 Å². The van der Waals surface area contributed by atoms with E-state index in [1.54, 1.807) is 6.92 Å². The fraction of sp³-hybridized carbons (Fsp3) is 0.800. The predicted octanol–water partition coefficient (Wildman–Crippen LogP) is 0.397. The van der Waals surface area contributed by atoms with Crippen LogP contribution in [0.15, 0.2) is 0 Å². The van der Waals surface area contributed by atoms with Crippen LogP contribution in [-0.2, 0) is 14.3 Å². The van der Waals surface area contributed by atoms with Crippen LogP contribution in [0.1, 0.15) is 6.92 Å². The van der Waals surface area contributed by atoms with Gasteiger partial charge in [-0.3, -0.25) is 0 Å². The molecule has 0 amide bonds. The van der Waals surface area contributed by atoms with Crippen LogP contribution in [0.4, 0.5) is 0 Å². The lowest BCUT2D eigenvalue weighted by atomic mass is 10.7. The van der Waals surface area contributed by atoms with Crippen molar-refractivity contribution in [2.45, 2.75) is 12.8 Å². The van der Waals surface area contributed by atoms with Gasteiger partial charge < -0.3 is 9.47 Å². The summed E-state index contributed by atoms with van der Waals surface area (Å²) in [4.78, 5) is 10.6. The first-order chi connectivity index (χ1) is 4.22. The van der Waals surface area contributed by atoms with Gasteiger partial charge in [-0.1, -0.05) is 9.24 Å². The van der Waals surface area contributed by atoms with Gasteiger partial charge >= 0.3 is 5.97 Å². The van der Waals surface area contributed by atoms with Crippen LogP contribution in [0, 0.1) is 0 Å². The van der Waals surface area contributed by atoms with E-state index in [1.165, 1.54) is 7.11 Å². The fourth-order valence-electron chi connectivity index (χ4n) is 0.321. The third-order valence-electron chi connectivity index (χ3n) is 0.773. The summed E-state index contributed by atoms with van der Waals surface area (Å²) in [5.74, 6) is -0.866. The highest BCUT2D eigenvalue weighted by Crippen LogP contribution is 2.01. The van der Waals surface area contributed by atoms with Gasteiger partial charge in [-0.2, -0.15) is 0 Å². The van der Waals surface area contributed by atoms with E-state index >= 15 is 0 Å². The highest BCUT2D eigenvalue weighted by molar-refractivity contribution is 7.19. The predicted molar refractivity (Wildman–Crippen MR) is 37.1 cm³/mol. The van der Waals surface area contributed by atoms with E-state index in [0.717, 1.165) is 0 Å². The van der Waals surface area contributed by atoms with Crippen molar-refractivity contribution in [3.05, 3.63) is 0 Å². The molecule has 54 valence electrons. The van der Waals surface area contributed by atoms with Crippen LogP contribution in [0.3, 0.4) is 0 Å². The smallest absolute Gasteiger partial charge is 0.339 e. The molecule has 3 nitrogen and oxygen atoms in total. The summed E-state index contributed by atoms with van der Waals surface area (Å²) >= 11 is 0. The second-order valence-electron chi connectivity index (χ2n) is 1.41. The molecule has 0 aliphatic carbocycles. The number of ether oxygens (including phenoxy) is 2. The fourth-order valence-corrected chi connectivity index (χ4v) is 0.417. The molecule has 0 saturated carbocycles. The molecule has 0 spiro atoms. The minimum Gasteiger partial charge on any atom is -0.464 e. The Morgan fingerprint density at radius 3 is 2.67 bits per heavy atom. The summed E-state index contributed by atoms with van der Waals surface area (Å²) < 4.78 is 9.26. The van der Waals surface area contributed by atoms with Gasteiger partial charge in [0, 0.05) is 7.11 Å². The van der Waals surface area contributed by atoms with Crippen molar-refractivity contribution in [2.75, 3.05) is 13.7 Å². The lowest BCUT2D eigenvalue weighted by Gasteiger charge is -2.06. The van der Waals surface area contributed by atoms with Crippen molar-refractivity contribution >= 4 is 15.2 Å². The van der Waals surface area contributed by atoms with Gasteiger partial charge in [0.1, 0.15) is 0 Å². The molecule has 2 atom stereocenters. The van der Waals surface area contributed by atoms with E-state index in [-0.39, 0.29) is 5.97 Å². The van der Waals surface area contributed by atoms with E-state index in [1.807, 2.05) is 0 Å². The molecule has 0 aromatic heterocycles. The maximum atomic E-state index is 10.6. The summed E-state index contributed by atoms with van der Waals surface area (Å²) in [5.41, 5.74) is 0. The molecule has 9 heavy (non-hydrogen) atoms. The van der Waals surface area contributed by atoms with Crippen LogP contribution in [0.2, 0.25) is 0 Å². The quantitative estimate of drug-likeness (QED) is 0.431. The second-order valence-corrected chi connectivity index (χ2v) is 2.01. The van der Waals surface area contributed by atoms with Crippen molar-refractivity contribution in [3.63, 3.8) is 0 Å². The van der Waals surface area contributed by atoms with Gasteiger partial charge in [0.2, 0.25) is 0 Å². The SMILES string of the molecule is CCOC(=O)C(P)OC. The standard InChI is InChI=1S/C5H11O3P/c1-3-8-4(6)5(9)7-2/h5H,3,9H2,1-2H3. The van der Waals surface area contributed by atoms with E-state index in [0.29, 0.717) is 6.61 Å². The van der Waals surface area contributed by atoms with E-state index in [9.17, 15) is 4.79 Å². The van der Waals surface area contributed by atoms with E-state index < -0.39 is 5.85 Å². The van der Waals surface area contributed by atoms with Gasteiger partial charge in [-0.05, 0) is 6.92 Å². The maximum absolute atomic E-state index is 10.6. The highest BCUT2D eigenvalue weighted by atomic mass is 31.0. The monoisotopic (exact) mass is 150 g/mol. The third kappa shape index (κ3) is 3.44. The van der Waals surface area contributed by atoms with Crippen molar-refractivity contribution in [3.8, 4) is 0 Å². The topological polar surface area (TPSA) is 35.5 Å². The molecule has 0 aromatic carbocycles. The summed E-state index contributed by atoms with van der Waals surface area (Å²) in [5, 5.41) is 0. The molecule has 0 N–H and O–H groups in total. The molecular weight excluding hydrogens is 139 g/mol. The zero-order chi connectivity index (χ0) is 7.28. The third-order valence-corrected chi connectivity index (χ3v) is 1.32. The molecule has 0 radical (unpaired) electrons. The molecule has 4 heteroatoms. The number of methoxy groups -OCH3 is 1. The Morgan fingerprint density at radius 2 is 2.33 bits per heavy atom. The Bertz CT molecular complexity index is 94.2. The first-order valence-corrected chi connectivity index (χ1v) is 3.34. The molecule has 0 saturated heterocycles. The molecule has 0 bridgehead atoms. The number of carbonyl (C=O) groups excluding carboxylic acids is 1. The van der Waals surface area contributed by atoms with Crippen LogP contribution in [-0.4, -0.2) is 25.5 Å². The van der Waals surface area contributed by atoms with Crippen LogP contribution in [0.25, 0.3) is 0 Å². The van der Waals surface area contributed by atoms with Crippen LogP contribution in [0.5, 0.6) is 0 Å². The van der Waals surface area contributed by atoms with Crippen molar-refractivity contribution < 1.29 is 14.3 Å². The zero-order valence-corrected chi connectivity index (χ0v) is 6.74. The van der Waals surface area contributed by atoms with Crippen molar-refractivity contribution in [2.24, 2.45) is 0 Å². The number of hydrogen-bond donors (Lipinski definition) is 0. The number of esters is 1. The number of hydrogen-bond acceptors (Lipinski definition) is 3. The van der Waals surface area contributed by atoms with Gasteiger partial charge in [0.05, 0.1) is 6.61 Å². The lowest BCUT2D eigenvalue weighted by Crippen LogP contribution is -2.18. The zero-order valence-electron chi connectivity index (χ0n) is 5.59. The summed E-state index contributed by atoms with van der Waals surface area (Å²) in [6.45, 7) is 2.15. The maximum Gasteiger partial charge on any atom is 0.339 e. The molecule has 2 unspecified atom stereocenters. The minimum atomic E-state index is -0.523. The van der Waals surface area contributed by atoms with E-state index in [4.69, 9.17) is 0 Å². The molecular formula is C5H11O3P. The lowest BCUT2D eigenvalue weighted by molar-refractivity contribution is -0.149. The Balaban J connectivity index is 3.46. The molecule has 0 aliphatic rings. The van der Waals surface area contributed by atoms with Crippen molar-refractivity contribution in [1.82, 2.24) is 0 Å². The number of carbonyl (C=O) groups is 1. The summed E-state index contributed by atoms with van der Waals surface area (Å²) in [7, 11) is 3.68. The average molecular weight is 150 g/mol. The average Bonchev–Trinajstić information content (AvgIpc) is 1.87. The molecule has 0 heterocycles. The van der Waals surface area contributed by atoms with Gasteiger partial charge in [0.15, 0.2) is 5.85 Å². The highest BCUT2D eigenvalue weighted by Gasteiger charge is 2.10. The summed E-state index contributed by atoms with van der Waals surface area (Å²) in [6.07, 6.45) is 0. The second kappa shape index (κ2) is 4.71. The molecule has 0 fully saturated rings. The summed E-state index contributed by atoms with van der Waals surface area (Å²) in [6, 6.07) is 0. The Hall–Kier alpha value is -0.140. The van der Waals surface area contributed by atoms with Gasteiger partial charge in [-0.15, -0.1) is 0 Å². The molecule has 0 rings (SSSR count). The first kappa shape index (κ1) is 8.86. The van der Waals surface area contributed by atoms with Crippen molar-refractivity contribution in [1.29, 1.82) is 0 Å². The Labute approximate surface area is 56.9 Å². The molecule has 0 aromatic rings. The molecule has 0 aliphatic heterocycles. The Kier molecular flexibility index (Phi) is 4.64. The van der Waals surface area contributed by atoms with Gasteiger partial charge in [-0.25, -0.2) is 4.79 Å². The normalized spacial score (nSPS) is 12.8. The van der Waals surface area contributed by atoms with Crippen LogP contribution < -0.4 is 0 Å². The Morgan fingerprint density at radius 1 is 1.78 bits per heavy atom.